The highest BCUT2D eigenvalue weighted by molar-refractivity contribution is 9.13. The first-order chi connectivity index (χ1) is 9.56. The minimum atomic E-state index is -2.81. The molecule has 1 aromatic heterocycles. The van der Waals surface area contributed by atoms with E-state index in [1.807, 2.05) is 6.07 Å². The zero-order chi connectivity index (χ0) is 14.5. The summed E-state index contributed by atoms with van der Waals surface area (Å²) in [5.74, 6) is 0.212. The van der Waals surface area contributed by atoms with E-state index in [0.29, 0.717) is 18.7 Å². The van der Waals surface area contributed by atoms with Gasteiger partial charge in [0.15, 0.2) is 0 Å². The molecule has 0 unspecified atom stereocenters. The van der Waals surface area contributed by atoms with Crippen LogP contribution in [0.25, 0.3) is 0 Å². The lowest BCUT2D eigenvalue weighted by Crippen LogP contribution is -2.13. The normalized spacial score (nSPS) is 11.1. The number of halogens is 4. The molecule has 2 nitrogen and oxygen atoms in total. The minimum Gasteiger partial charge on any atom is -0.434 e. The van der Waals surface area contributed by atoms with Crippen LogP contribution in [0.5, 0.6) is 5.75 Å². The van der Waals surface area contributed by atoms with E-state index in [1.54, 1.807) is 35.6 Å². The largest absolute Gasteiger partial charge is 0.434 e. The summed E-state index contributed by atoms with van der Waals surface area (Å²) in [4.78, 5) is 1.15. The molecule has 1 N–H and O–H groups in total. The molecule has 108 valence electrons. The third-order valence-corrected chi connectivity index (χ3v) is 5.76. The van der Waals surface area contributed by atoms with E-state index in [0.717, 1.165) is 13.1 Å². The molecule has 7 heteroatoms. The van der Waals surface area contributed by atoms with Gasteiger partial charge in [-0.05, 0) is 44.0 Å². The fourth-order valence-electron chi connectivity index (χ4n) is 1.66. The van der Waals surface area contributed by atoms with Crippen LogP contribution in [0.1, 0.15) is 10.4 Å². The number of hydrogen-bond acceptors (Lipinski definition) is 3. The maximum Gasteiger partial charge on any atom is 0.387 e. The first-order valence-corrected chi connectivity index (χ1v) is 8.13. The van der Waals surface area contributed by atoms with Crippen molar-refractivity contribution in [2.45, 2.75) is 19.7 Å². The van der Waals surface area contributed by atoms with Crippen LogP contribution in [0.15, 0.2) is 38.6 Å². The molecule has 1 heterocycles. The summed E-state index contributed by atoms with van der Waals surface area (Å²) in [6, 6.07) is 8.80. The van der Waals surface area contributed by atoms with E-state index in [2.05, 4.69) is 41.9 Å². The number of ether oxygens (including phenoxy) is 1. The first kappa shape index (κ1) is 15.9. The van der Waals surface area contributed by atoms with Gasteiger partial charge in [-0.2, -0.15) is 8.78 Å². The van der Waals surface area contributed by atoms with E-state index in [1.165, 1.54) is 0 Å². The van der Waals surface area contributed by atoms with E-state index in [9.17, 15) is 8.78 Å². The quantitative estimate of drug-likeness (QED) is 0.688. The smallest absolute Gasteiger partial charge is 0.387 e. The van der Waals surface area contributed by atoms with Gasteiger partial charge >= 0.3 is 6.61 Å². The van der Waals surface area contributed by atoms with Crippen molar-refractivity contribution >= 4 is 43.2 Å². The highest BCUT2D eigenvalue weighted by Gasteiger charge is 2.09. The Morgan fingerprint density at radius 3 is 2.60 bits per heavy atom. The van der Waals surface area contributed by atoms with E-state index in [4.69, 9.17) is 0 Å². The van der Waals surface area contributed by atoms with Crippen LogP contribution < -0.4 is 10.1 Å². The number of rotatable bonds is 6. The molecule has 0 saturated carbocycles. The number of para-hydroxylation sites is 1. The molecular formula is C13H11Br2F2NOS. The third-order valence-electron chi connectivity index (χ3n) is 2.50. The van der Waals surface area contributed by atoms with Crippen LogP contribution >= 0.6 is 43.2 Å². The lowest BCUT2D eigenvalue weighted by molar-refractivity contribution is -0.0505. The molecule has 0 aliphatic carbocycles. The number of nitrogens with one attached hydrogen (secondary N) is 1. The summed E-state index contributed by atoms with van der Waals surface area (Å²) < 4.78 is 31.1. The van der Waals surface area contributed by atoms with Crippen molar-refractivity contribution in [1.82, 2.24) is 5.32 Å². The zero-order valence-corrected chi connectivity index (χ0v) is 14.2. The van der Waals surface area contributed by atoms with Crippen molar-refractivity contribution in [1.29, 1.82) is 0 Å². The second-order valence-corrected chi connectivity index (χ2v) is 7.23. The number of thiophene rings is 1. The van der Waals surface area contributed by atoms with Gasteiger partial charge in [-0.15, -0.1) is 11.3 Å². The van der Waals surface area contributed by atoms with E-state index >= 15 is 0 Å². The van der Waals surface area contributed by atoms with Crippen molar-refractivity contribution in [2.24, 2.45) is 0 Å². The van der Waals surface area contributed by atoms with E-state index in [-0.39, 0.29) is 5.75 Å². The molecular weight excluding hydrogens is 416 g/mol. The second-order valence-electron chi connectivity index (χ2n) is 3.92. The van der Waals surface area contributed by atoms with Crippen LogP contribution in [-0.2, 0) is 13.1 Å². The van der Waals surface area contributed by atoms with Crippen LogP contribution in [0.2, 0.25) is 0 Å². The van der Waals surface area contributed by atoms with Gasteiger partial charge in [0.25, 0.3) is 0 Å². The summed E-state index contributed by atoms with van der Waals surface area (Å²) in [6.45, 7) is -1.67. The summed E-state index contributed by atoms with van der Waals surface area (Å²) in [5, 5.41) is 3.22. The Morgan fingerprint density at radius 1 is 1.20 bits per heavy atom. The molecule has 20 heavy (non-hydrogen) atoms. The fraction of sp³-hybridized carbons (Fsp3) is 0.231. The molecule has 0 aliphatic rings. The average molecular weight is 427 g/mol. The topological polar surface area (TPSA) is 21.3 Å². The summed E-state index contributed by atoms with van der Waals surface area (Å²) in [6.07, 6.45) is 0. The Bertz CT molecular complexity index is 558. The lowest BCUT2D eigenvalue weighted by Gasteiger charge is -2.10. The maximum atomic E-state index is 12.3. The number of hydrogen-bond donors (Lipinski definition) is 1. The fourth-order valence-corrected chi connectivity index (χ4v) is 3.81. The van der Waals surface area contributed by atoms with Crippen LogP contribution in [0.3, 0.4) is 0 Å². The third kappa shape index (κ3) is 4.51. The van der Waals surface area contributed by atoms with Crippen molar-refractivity contribution in [3.63, 3.8) is 0 Å². The summed E-state index contributed by atoms with van der Waals surface area (Å²) in [5.41, 5.74) is 0.711. The van der Waals surface area contributed by atoms with Crippen molar-refractivity contribution in [2.75, 3.05) is 0 Å². The second kappa shape index (κ2) is 7.49. The molecule has 0 atom stereocenters. The van der Waals surface area contributed by atoms with Crippen LogP contribution in [0, 0.1) is 0 Å². The minimum absolute atomic E-state index is 0.212. The van der Waals surface area contributed by atoms with Gasteiger partial charge in [0.1, 0.15) is 5.75 Å². The Hall–Kier alpha value is -0.500. The molecule has 1 aromatic carbocycles. The van der Waals surface area contributed by atoms with Gasteiger partial charge in [-0.25, -0.2) is 0 Å². The SMILES string of the molecule is FC(F)Oc1ccccc1CNCc1cc(Br)c(Br)s1. The first-order valence-electron chi connectivity index (χ1n) is 5.73. The van der Waals surface area contributed by atoms with Gasteiger partial charge in [0, 0.05) is 28.0 Å². The molecule has 2 rings (SSSR count). The Balaban J connectivity index is 1.93. The predicted molar refractivity (Wildman–Crippen MR) is 83.3 cm³/mol. The molecule has 0 amide bonds. The van der Waals surface area contributed by atoms with Gasteiger partial charge in [0.2, 0.25) is 0 Å². The molecule has 0 radical (unpaired) electrons. The lowest BCUT2D eigenvalue weighted by atomic mass is 10.2. The van der Waals surface area contributed by atoms with Crippen molar-refractivity contribution in [3.8, 4) is 5.75 Å². The number of benzene rings is 1. The molecule has 0 aliphatic heterocycles. The monoisotopic (exact) mass is 425 g/mol. The highest BCUT2D eigenvalue weighted by Crippen LogP contribution is 2.32. The summed E-state index contributed by atoms with van der Waals surface area (Å²) >= 11 is 8.48. The molecule has 0 fully saturated rings. The molecule has 2 aromatic rings. The van der Waals surface area contributed by atoms with Gasteiger partial charge in [-0.3, -0.25) is 0 Å². The predicted octanol–water partition coefficient (Wildman–Crippen LogP) is 5.16. The summed E-state index contributed by atoms with van der Waals surface area (Å²) in [7, 11) is 0. The number of alkyl halides is 2. The van der Waals surface area contributed by atoms with E-state index < -0.39 is 6.61 Å². The average Bonchev–Trinajstić information content (AvgIpc) is 2.70. The molecule has 0 bridgehead atoms. The van der Waals surface area contributed by atoms with Crippen LogP contribution in [0.4, 0.5) is 8.78 Å². The standard InChI is InChI=1S/C13H11Br2F2NOS/c14-10-5-9(20-12(10)15)7-18-6-8-3-1-2-4-11(8)19-13(16)17/h1-5,13,18H,6-7H2. The van der Waals surface area contributed by atoms with Gasteiger partial charge in [-0.1, -0.05) is 18.2 Å². The highest BCUT2D eigenvalue weighted by atomic mass is 79.9. The van der Waals surface area contributed by atoms with Gasteiger partial charge < -0.3 is 10.1 Å². The van der Waals surface area contributed by atoms with Crippen molar-refractivity contribution < 1.29 is 13.5 Å². The maximum absolute atomic E-state index is 12.3. The Kier molecular flexibility index (Phi) is 5.95. The van der Waals surface area contributed by atoms with Gasteiger partial charge in [0.05, 0.1) is 3.79 Å². The van der Waals surface area contributed by atoms with Crippen LogP contribution in [-0.4, -0.2) is 6.61 Å². The Morgan fingerprint density at radius 2 is 1.95 bits per heavy atom. The molecule has 0 spiro atoms. The Labute approximate surface area is 136 Å². The molecule has 0 saturated heterocycles. The zero-order valence-electron chi connectivity index (χ0n) is 10.2. The van der Waals surface area contributed by atoms with Crippen molar-refractivity contribution in [3.05, 3.63) is 49.0 Å².